The van der Waals surface area contributed by atoms with Crippen molar-refractivity contribution in [3.05, 3.63) is 23.8 Å². The molecule has 106 valence electrons. The number of rotatable bonds is 5. The lowest BCUT2D eigenvalue weighted by atomic mass is 9.52. The van der Waals surface area contributed by atoms with Gasteiger partial charge < -0.3 is 15.2 Å². The Morgan fingerprint density at radius 1 is 1.21 bits per heavy atom. The van der Waals surface area contributed by atoms with Crippen molar-refractivity contribution in [1.82, 2.24) is 0 Å². The average Bonchev–Trinajstić information content (AvgIpc) is 2.45. The Bertz CT molecular complexity index is 440. The minimum Gasteiger partial charge on any atom is -0.497 e. The van der Waals surface area contributed by atoms with E-state index in [9.17, 15) is 0 Å². The molecule has 0 heterocycles. The predicted molar refractivity (Wildman–Crippen MR) is 77.9 cm³/mol. The third kappa shape index (κ3) is 2.10. The number of benzene rings is 1. The van der Waals surface area contributed by atoms with E-state index in [1.165, 1.54) is 5.56 Å². The summed E-state index contributed by atoms with van der Waals surface area (Å²) in [5, 5.41) is 0. The second-order valence-electron chi connectivity index (χ2n) is 5.44. The monoisotopic (exact) mass is 263 g/mol. The van der Waals surface area contributed by atoms with Crippen LogP contribution in [0.2, 0.25) is 0 Å². The van der Waals surface area contributed by atoms with E-state index in [-0.39, 0.29) is 5.41 Å². The topological polar surface area (TPSA) is 44.5 Å². The molecule has 2 unspecified atom stereocenters. The van der Waals surface area contributed by atoms with Gasteiger partial charge in [-0.2, -0.15) is 0 Å². The summed E-state index contributed by atoms with van der Waals surface area (Å²) in [4.78, 5) is 0. The maximum atomic E-state index is 6.30. The molecule has 1 aliphatic rings. The maximum Gasteiger partial charge on any atom is 0.122 e. The molecule has 0 bridgehead atoms. The largest absolute Gasteiger partial charge is 0.497 e. The molecule has 1 aliphatic carbocycles. The summed E-state index contributed by atoms with van der Waals surface area (Å²) >= 11 is 0. The lowest BCUT2D eigenvalue weighted by molar-refractivity contribution is 0.0423. The van der Waals surface area contributed by atoms with Crippen LogP contribution in [0.3, 0.4) is 0 Å². The van der Waals surface area contributed by atoms with Gasteiger partial charge in [-0.25, -0.2) is 0 Å². The zero-order valence-corrected chi connectivity index (χ0v) is 12.4. The molecule has 1 fully saturated rings. The first kappa shape index (κ1) is 14.2. The Balaban J connectivity index is 2.41. The van der Waals surface area contributed by atoms with E-state index in [2.05, 4.69) is 19.9 Å². The van der Waals surface area contributed by atoms with Gasteiger partial charge in [0.15, 0.2) is 0 Å². The van der Waals surface area contributed by atoms with Crippen LogP contribution in [-0.4, -0.2) is 20.3 Å². The minimum atomic E-state index is 0.208. The van der Waals surface area contributed by atoms with Crippen LogP contribution < -0.4 is 15.2 Å². The Kier molecular flexibility index (Phi) is 4.04. The molecule has 0 aliphatic heterocycles. The average molecular weight is 263 g/mol. The van der Waals surface area contributed by atoms with E-state index in [4.69, 9.17) is 15.2 Å². The first-order valence-corrected chi connectivity index (χ1v) is 7.10. The van der Waals surface area contributed by atoms with Gasteiger partial charge in [0.05, 0.1) is 14.2 Å². The predicted octanol–water partition coefficient (Wildman–Crippen LogP) is 3.32. The SMILES string of the molecule is CCC1(CC)C(N)CC1c1cc(OC)ccc1OC. The van der Waals surface area contributed by atoms with Crippen LogP contribution in [0.4, 0.5) is 0 Å². The van der Waals surface area contributed by atoms with Crippen molar-refractivity contribution in [2.24, 2.45) is 11.1 Å². The van der Waals surface area contributed by atoms with E-state index >= 15 is 0 Å². The van der Waals surface area contributed by atoms with Gasteiger partial charge in [0.1, 0.15) is 11.5 Å². The summed E-state index contributed by atoms with van der Waals surface area (Å²) in [5.41, 5.74) is 7.75. The molecule has 19 heavy (non-hydrogen) atoms. The molecule has 0 aromatic heterocycles. The van der Waals surface area contributed by atoms with Crippen molar-refractivity contribution in [3.8, 4) is 11.5 Å². The number of ether oxygens (including phenoxy) is 2. The Labute approximate surface area is 116 Å². The van der Waals surface area contributed by atoms with Crippen LogP contribution in [-0.2, 0) is 0 Å². The minimum absolute atomic E-state index is 0.208. The summed E-state index contributed by atoms with van der Waals surface area (Å²) in [6, 6.07) is 6.34. The molecule has 2 atom stereocenters. The molecular formula is C16H25NO2. The van der Waals surface area contributed by atoms with Crippen molar-refractivity contribution >= 4 is 0 Å². The van der Waals surface area contributed by atoms with Crippen LogP contribution in [0, 0.1) is 5.41 Å². The van der Waals surface area contributed by atoms with E-state index in [0.717, 1.165) is 30.8 Å². The molecule has 0 radical (unpaired) electrons. The maximum absolute atomic E-state index is 6.30. The lowest BCUT2D eigenvalue weighted by Crippen LogP contribution is -2.55. The van der Waals surface area contributed by atoms with Crippen molar-refractivity contribution < 1.29 is 9.47 Å². The summed E-state index contributed by atoms with van der Waals surface area (Å²) in [6.07, 6.45) is 3.25. The van der Waals surface area contributed by atoms with E-state index < -0.39 is 0 Å². The van der Waals surface area contributed by atoms with Gasteiger partial charge in [-0.1, -0.05) is 13.8 Å². The first-order chi connectivity index (χ1) is 9.12. The van der Waals surface area contributed by atoms with Gasteiger partial charge in [0, 0.05) is 11.6 Å². The standard InChI is InChI=1S/C16H25NO2/c1-5-16(6-2)13(10-15(16)17)12-9-11(18-3)7-8-14(12)19-4/h7-9,13,15H,5-6,10,17H2,1-4H3. The molecule has 2 N–H and O–H groups in total. The smallest absolute Gasteiger partial charge is 0.122 e. The normalized spacial score (nSPS) is 24.7. The second-order valence-corrected chi connectivity index (χ2v) is 5.44. The Morgan fingerprint density at radius 3 is 2.37 bits per heavy atom. The highest BCUT2D eigenvalue weighted by molar-refractivity contribution is 5.45. The van der Waals surface area contributed by atoms with Gasteiger partial charge in [0.25, 0.3) is 0 Å². The zero-order chi connectivity index (χ0) is 14.0. The molecular weight excluding hydrogens is 238 g/mol. The number of hydrogen-bond acceptors (Lipinski definition) is 3. The van der Waals surface area contributed by atoms with E-state index in [0.29, 0.717) is 12.0 Å². The molecule has 3 nitrogen and oxygen atoms in total. The van der Waals surface area contributed by atoms with Gasteiger partial charge >= 0.3 is 0 Å². The molecule has 1 saturated carbocycles. The number of nitrogens with two attached hydrogens (primary N) is 1. The molecule has 1 aromatic carbocycles. The highest BCUT2D eigenvalue weighted by Gasteiger charge is 2.51. The number of methoxy groups -OCH3 is 2. The van der Waals surface area contributed by atoms with Gasteiger partial charge in [-0.05, 0) is 48.8 Å². The van der Waals surface area contributed by atoms with E-state index in [1.807, 2.05) is 12.1 Å². The fraction of sp³-hybridized carbons (Fsp3) is 0.625. The van der Waals surface area contributed by atoms with Crippen molar-refractivity contribution in [3.63, 3.8) is 0 Å². The Hall–Kier alpha value is -1.22. The number of hydrogen-bond donors (Lipinski definition) is 1. The molecule has 0 saturated heterocycles. The van der Waals surface area contributed by atoms with Crippen LogP contribution >= 0.6 is 0 Å². The van der Waals surface area contributed by atoms with Crippen molar-refractivity contribution in [2.45, 2.75) is 45.1 Å². The summed E-state index contributed by atoms with van der Waals surface area (Å²) in [5.74, 6) is 2.31. The van der Waals surface area contributed by atoms with E-state index in [1.54, 1.807) is 14.2 Å². The van der Waals surface area contributed by atoms with Gasteiger partial charge in [-0.15, -0.1) is 0 Å². The lowest BCUT2D eigenvalue weighted by Gasteiger charge is -2.55. The molecule has 0 spiro atoms. The van der Waals surface area contributed by atoms with Crippen molar-refractivity contribution in [2.75, 3.05) is 14.2 Å². The molecule has 2 rings (SSSR count). The van der Waals surface area contributed by atoms with Crippen LogP contribution in [0.5, 0.6) is 11.5 Å². The molecule has 0 amide bonds. The Morgan fingerprint density at radius 2 is 1.89 bits per heavy atom. The summed E-state index contributed by atoms with van der Waals surface area (Å²) < 4.78 is 10.9. The first-order valence-electron chi connectivity index (χ1n) is 7.10. The fourth-order valence-corrected chi connectivity index (χ4v) is 3.64. The van der Waals surface area contributed by atoms with Crippen LogP contribution in [0.25, 0.3) is 0 Å². The summed E-state index contributed by atoms with van der Waals surface area (Å²) in [7, 11) is 3.43. The highest BCUT2D eigenvalue weighted by Crippen LogP contribution is 2.58. The second kappa shape index (κ2) is 5.41. The van der Waals surface area contributed by atoms with Gasteiger partial charge in [-0.3, -0.25) is 0 Å². The van der Waals surface area contributed by atoms with Crippen LogP contribution in [0.1, 0.15) is 44.6 Å². The third-order valence-electron chi connectivity index (χ3n) is 5.05. The van der Waals surface area contributed by atoms with Gasteiger partial charge in [0.2, 0.25) is 0 Å². The molecule has 1 aromatic rings. The summed E-state index contributed by atoms with van der Waals surface area (Å²) in [6.45, 7) is 4.48. The van der Waals surface area contributed by atoms with Crippen LogP contribution in [0.15, 0.2) is 18.2 Å². The van der Waals surface area contributed by atoms with Crippen molar-refractivity contribution in [1.29, 1.82) is 0 Å². The quantitative estimate of drug-likeness (QED) is 0.886. The fourth-order valence-electron chi connectivity index (χ4n) is 3.64. The highest BCUT2D eigenvalue weighted by atomic mass is 16.5. The zero-order valence-electron chi connectivity index (χ0n) is 12.4. The third-order valence-corrected chi connectivity index (χ3v) is 5.05. The molecule has 3 heteroatoms.